The molecule has 3 atom stereocenters. The number of thiazole rings is 1. The number of carbonyl (C=O) groups excluding carboxylic acids is 1. The molecule has 1 aliphatic heterocycles. The Morgan fingerprint density at radius 2 is 2.17 bits per heavy atom. The van der Waals surface area contributed by atoms with E-state index in [0.29, 0.717) is 4.88 Å². The maximum atomic E-state index is 12.5. The largest absolute Gasteiger partial charge is 0.348 e. The smallest absolute Gasteiger partial charge is 0.263 e. The zero-order chi connectivity index (χ0) is 17.1. The van der Waals surface area contributed by atoms with Crippen molar-refractivity contribution in [2.24, 2.45) is 11.8 Å². The first-order valence-corrected chi connectivity index (χ1v) is 10.2. The van der Waals surface area contributed by atoms with Crippen molar-refractivity contribution in [1.29, 1.82) is 0 Å². The topological polar surface area (TPSA) is 45.2 Å². The molecule has 2 aromatic heterocycles. The van der Waals surface area contributed by atoms with Gasteiger partial charge in [0, 0.05) is 25.7 Å². The fraction of sp³-hybridized carbons (Fsp3) is 0.556. The molecule has 3 unspecified atom stereocenters. The zero-order valence-corrected chi connectivity index (χ0v) is 16.1. The van der Waals surface area contributed by atoms with Crippen LogP contribution in [0.3, 0.4) is 0 Å². The molecule has 4 nitrogen and oxygen atoms in total. The van der Waals surface area contributed by atoms with Crippen LogP contribution in [-0.4, -0.2) is 41.5 Å². The van der Waals surface area contributed by atoms with Crippen molar-refractivity contribution in [1.82, 2.24) is 15.2 Å². The van der Waals surface area contributed by atoms with Gasteiger partial charge in [-0.1, -0.05) is 19.9 Å². The number of aromatic nitrogens is 1. The minimum absolute atomic E-state index is 0.0130. The van der Waals surface area contributed by atoms with E-state index < -0.39 is 0 Å². The van der Waals surface area contributed by atoms with Crippen molar-refractivity contribution in [3.05, 3.63) is 28.6 Å². The number of carbonyl (C=O) groups is 1. The number of thiophene rings is 1. The Labute approximate surface area is 151 Å². The molecule has 3 heterocycles. The highest BCUT2D eigenvalue weighted by Gasteiger charge is 2.23. The van der Waals surface area contributed by atoms with Crippen LogP contribution in [0, 0.1) is 11.8 Å². The van der Waals surface area contributed by atoms with Gasteiger partial charge < -0.3 is 10.2 Å². The zero-order valence-electron chi connectivity index (χ0n) is 14.5. The number of likely N-dealkylation sites (tertiary alicyclic amines) is 1. The molecule has 0 radical (unpaired) electrons. The Hall–Kier alpha value is -1.24. The van der Waals surface area contributed by atoms with E-state index >= 15 is 0 Å². The molecule has 0 bridgehead atoms. The first-order valence-electron chi connectivity index (χ1n) is 8.54. The highest BCUT2D eigenvalue weighted by atomic mass is 32.1. The van der Waals surface area contributed by atoms with Crippen molar-refractivity contribution in [2.75, 3.05) is 19.6 Å². The summed E-state index contributed by atoms with van der Waals surface area (Å²) in [5, 5.41) is 6.07. The number of amides is 1. The van der Waals surface area contributed by atoms with Crippen LogP contribution in [0.15, 0.2) is 23.7 Å². The molecule has 2 aromatic rings. The lowest BCUT2D eigenvalue weighted by Gasteiger charge is -2.36. The molecular weight excluding hydrogens is 338 g/mol. The summed E-state index contributed by atoms with van der Waals surface area (Å²) >= 11 is 3.11. The highest BCUT2D eigenvalue weighted by Crippen LogP contribution is 2.28. The van der Waals surface area contributed by atoms with E-state index in [1.165, 1.54) is 17.8 Å². The second-order valence-electron chi connectivity index (χ2n) is 7.05. The van der Waals surface area contributed by atoms with Crippen molar-refractivity contribution >= 4 is 28.6 Å². The third kappa shape index (κ3) is 4.43. The molecule has 6 heteroatoms. The van der Waals surface area contributed by atoms with E-state index in [1.54, 1.807) is 17.5 Å². The average Bonchev–Trinajstić information content (AvgIpc) is 3.17. The number of nitrogens with one attached hydrogen (secondary N) is 1. The first kappa shape index (κ1) is 17.6. The molecule has 130 valence electrons. The summed E-state index contributed by atoms with van der Waals surface area (Å²) in [4.78, 5) is 21.1. The summed E-state index contributed by atoms with van der Waals surface area (Å²) < 4.78 is 0. The lowest BCUT2D eigenvalue weighted by molar-refractivity contribution is 0.0908. The van der Waals surface area contributed by atoms with Crippen LogP contribution in [-0.2, 0) is 0 Å². The van der Waals surface area contributed by atoms with Gasteiger partial charge in [-0.25, -0.2) is 4.98 Å². The monoisotopic (exact) mass is 363 g/mol. The molecule has 24 heavy (non-hydrogen) atoms. The van der Waals surface area contributed by atoms with E-state index in [2.05, 4.69) is 36.0 Å². The third-order valence-electron chi connectivity index (χ3n) is 4.32. The van der Waals surface area contributed by atoms with E-state index in [9.17, 15) is 4.79 Å². The number of hydrogen-bond acceptors (Lipinski definition) is 5. The summed E-state index contributed by atoms with van der Waals surface area (Å²) in [6.07, 6.45) is 3.00. The molecule has 1 aliphatic rings. The molecular formula is C18H25N3OS2. The van der Waals surface area contributed by atoms with Crippen LogP contribution in [0.2, 0.25) is 0 Å². The van der Waals surface area contributed by atoms with Crippen LogP contribution >= 0.6 is 22.7 Å². The average molecular weight is 364 g/mol. The number of nitrogens with zero attached hydrogens (tertiary/aromatic N) is 2. The molecule has 1 N–H and O–H groups in total. The van der Waals surface area contributed by atoms with Gasteiger partial charge in [0.05, 0.1) is 11.1 Å². The van der Waals surface area contributed by atoms with Gasteiger partial charge in [-0.15, -0.1) is 22.7 Å². The fourth-order valence-electron chi connectivity index (χ4n) is 3.56. The van der Waals surface area contributed by atoms with Gasteiger partial charge in [0.1, 0.15) is 9.88 Å². The van der Waals surface area contributed by atoms with E-state index in [0.717, 1.165) is 41.4 Å². The van der Waals surface area contributed by atoms with Crippen LogP contribution in [0.5, 0.6) is 0 Å². The predicted molar refractivity (Wildman–Crippen MR) is 102 cm³/mol. The van der Waals surface area contributed by atoms with E-state index in [1.807, 2.05) is 17.5 Å². The van der Waals surface area contributed by atoms with Gasteiger partial charge in [0.15, 0.2) is 0 Å². The van der Waals surface area contributed by atoms with Crippen LogP contribution in [0.25, 0.3) is 9.88 Å². The van der Waals surface area contributed by atoms with Crippen LogP contribution in [0.4, 0.5) is 0 Å². The van der Waals surface area contributed by atoms with Gasteiger partial charge in [-0.05, 0) is 36.6 Å². The number of hydrogen-bond donors (Lipinski definition) is 1. The summed E-state index contributed by atoms with van der Waals surface area (Å²) in [7, 11) is 0. The first-order chi connectivity index (χ1) is 11.5. The Balaban J connectivity index is 1.54. The van der Waals surface area contributed by atoms with Gasteiger partial charge in [-0.2, -0.15) is 0 Å². The lowest BCUT2D eigenvalue weighted by atomic mass is 9.92. The Morgan fingerprint density at radius 3 is 2.83 bits per heavy atom. The summed E-state index contributed by atoms with van der Waals surface area (Å²) in [6.45, 7) is 9.89. The number of piperidine rings is 1. The SMILES string of the molecule is CC1CC(C)CN(CC(C)NC(=O)c2cnc(-c3cccs3)s2)C1. The quantitative estimate of drug-likeness (QED) is 0.874. The van der Waals surface area contributed by atoms with Crippen molar-refractivity contribution in [3.8, 4) is 9.88 Å². The molecule has 3 rings (SSSR count). The van der Waals surface area contributed by atoms with Crippen molar-refractivity contribution in [2.45, 2.75) is 33.2 Å². The van der Waals surface area contributed by atoms with Gasteiger partial charge in [0.2, 0.25) is 0 Å². The van der Waals surface area contributed by atoms with Crippen LogP contribution < -0.4 is 5.32 Å². The second-order valence-corrected chi connectivity index (χ2v) is 9.02. The van der Waals surface area contributed by atoms with Crippen molar-refractivity contribution in [3.63, 3.8) is 0 Å². The lowest BCUT2D eigenvalue weighted by Crippen LogP contribution is -2.46. The second kappa shape index (κ2) is 7.76. The summed E-state index contributed by atoms with van der Waals surface area (Å²) in [5.74, 6) is 1.47. The minimum Gasteiger partial charge on any atom is -0.348 e. The van der Waals surface area contributed by atoms with E-state index in [4.69, 9.17) is 0 Å². The molecule has 0 saturated carbocycles. The molecule has 1 fully saturated rings. The Kier molecular flexibility index (Phi) is 5.69. The Bertz CT molecular complexity index is 658. The summed E-state index contributed by atoms with van der Waals surface area (Å²) in [5.41, 5.74) is 0. The standard InChI is InChI=1S/C18H25N3OS2/c1-12-7-13(2)10-21(9-12)11-14(3)20-17(22)16-8-19-18(24-16)15-5-4-6-23-15/h4-6,8,12-14H,7,9-11H2,1-3H3,(H,20,22). The normalized spacial score (nSPS) is 23.1. The van der Waals surface area contributed by atoms with Gasteiger partial charge >= 0.3 is 0 Å². The van der Waals surface area contributed by atoms with Crippen molar-refractivity contribution < 1.29 is 4.79 Å². The molecule has 1 saturated heterocycles. The third-order valence-corrected chi connectivity index (χ3v) is 6.35. The highest BCUT2D eigenvalue weighted by molar-refractivity contribution is 7.21. The summed E-state index contributed by atoms with van der Waals surface area (Å²) in [6, 6.07) is 4.18. The fourth-order valence-corrected chi connectivity index (χ4v) is 5.19. The maximum absolute atomic E-state index is 12.5. The molecule has 0 aliphatic carbocycles. The maximum Gasteiger partial charge on any atom is 0.263 e. The van der Waals surface area contributed by atoms with Gasteiger partial charge in [0.25, 0.3) is 5.91 Å². The molecule has 0 aromatic carbocycles. The number of rotatable bonds is 5. The Morgan fingerprint density at radius 1 is 1.42 bits per heavy atom. The predicted octanol–water partition coefficient (Wildman–Crippen LogP) is 3.97. The molecule has 0 spiro atoms. The van der Waals surface area contributed by atoms with Gasteiger partial charge in [-0.3, -0.25) is 4.79 Å². The van der Waals surface area contributed by atoms with Crippen LogP contribution in [0.1, 0.15) is 36.9 Å². The van der Waals surface area contributed by atoms with E-state index in [-0.39, 0.29) is 11.9 Å². The molecule has 1 amide bonds. The minimum atomic E-state index is -0.0130.